The van der Waals surface area contributed by atoms with Crippen molar-refractivity contribution in [3.05, 3.63) is 44.6 Å². The molecule has 3 rings (SSSR count). The third-order valence-corrected chi connectivity index (χ3v) is 4.33. The average Bonchev–Trinajstić information content (AvgIpc) is 3.28. The summed E-state index contributed by atoms with van der Waals surface area (Å²) in [6.45, 7) is 1.78. The van der Waals surface area contributed by atoms with E-state index in [0.29, 0.717) is 5.69 Å². The molecule has 3 heterocycles. The minimum absolute atomic E-state index is 0.0535. The molecule has 0 unspecified atom stereocenters. The zero-order valence-electron chi connectivity index (χ0n) is 14.8. The molecule has 0 aliphatic rings. The quantitative estimate of drug-likeness (QED) is 0.422. The van der Waals surface area contributed by atoms with E-state index >= 15 is 0 Å². The summed E-state index contributed by atoms with van der Waals surface area (Å²) in [6, 6.07) is 0. The predicted octanol–water partition coefficient (Wildman–Crippen LogP) is 1.25. The van der Waals surface area contributed by atoms with Crippen LogP contribution in [0.15, 0.2) is 12.4 Å². The summed E-state index contributed by atoms with van der Waals surface area (Å²) < 4.78 is 2.86. The molecule has 0 saturated heterocycles. The number of carbonyl (C=O) groups is 2. The number of hydrogen-bond acceptors (Lipinski definition) is 7. The Morgan fingerprint density at radius 1 is 1.14 bits per heavy atom. The molecule has 0 radical (unpaired) electrons. The second kappa shape index (κ2) is 7.11. The van der Waals surface area contributed by atoms with E-state index in [2.05, 4.69) is 31.0 Å². The van der Waals surface area contributed by atoms with Gasteiger partial charge in [-0.25, -0.2) is 0 Å². The number of nitrogens with one attached hydrogen (secondary N) is 3. The molecule has 0 saturated carbocycles. The summed E-state index contributed by atoms with van der Waals surface area (Å²) >= 11 is 5.81. The molecule has 0 fully saturated rings. The van der Waals surface area contributed by atoms with Crippen LogP contribution >= 0.6 is 11.6 Å². The molecule has 146 valence electrons. The summed E-state index contributed by atoms with van der Waals surface area (Å²) in [5.74, 6) is -1.98. The zero-order valence-corrected chi connectivity index (χ0v) is 15.6. The van der Waals surface area contributed by atoms with Crippen molar-refractivity contribution in [1.29, 1.82) is 0 Å². The summed E-state index contributed by atoms with van der Waals surface area (Å²) in [7, 11) is 3.25. The van der Waals surface area contributed by atoms with E-state index in [1.54, 1.807) is 18.7 Å². The van der Waals surface area contributed by atoms with Crippen LogP contribution in [0.2, 0.25) is 5.02 Å². The van der Waals surface area contributed by atoms with Crippen LogP contribution in [0.3, 0.4) is 0 Å². The molecule has 0 aliphatic carbocycles. The van der Waals surface area contributed by atoms with Gasteiger partial charge in [-0.1, -0.05) is 16.7 Å². The van der Waals surface area contributed by atoms with E-state index in [-0.39, 0.29) is 17.1 Å². The summed E-state index contributed by atoms with van der Waals surface area (Å²) in [4.78, 5) is 35.1. The summed E-state index contributed by atoms with van der Waals surface area (Å²) in [5.41, 5.74) is 0.978. The van der Waals surface area contributed by atoms with Gasteiger partial charge >= 0.3 is 5.82 Å². The van der Waals surface area contributed by atoms with E-state index in [1.807, 2.05) is 0 Å². The largest absolute Gasteiger partial charge is 0.362 e. The third kappa shape index (κ3) is 3.29. The smallest absolute Gasteiger partial charge is 0.358 e. The summed E-state index contributed by atoms with van der Waals surface area (Å²) in [6.07, 6.45) is 2.75. The van der Waals surface area contributed by atoms with Gasteiger partial charge in [0.15, 0.2) is 10.7 Å². The lowest BCUT2D eigenvalue weighted by Gasteiger charge is -2.08. The van der Waals surface area contributed by atoms with E-state index in [4.69, 9.17) is 11.6 Å². The number of anilines is 2. The maximum Gasteiger partial charge on any atom is 0.362 e. The Morgan fingerprint density at radius 3 is 2.32 bits per heavy atom. The first-order valence-electron chi connectivity index (χ1n) is 7.72. The second-order valence-electron chi connectivity index (χ2n) is 5.70. The van der Waals surface area contributed by atoms with Crippen LogP contribution in [0.4, 0.5) is 17.2 Å². The van der Waals surface area contributed by atoms with Crippen molar-refractivity contribution >= 4 is 40.6 Å². The van der Waals surface area contributed by atoms with Crippen molar-refractivity contribution in [3.63, 3.8) is 0 Å². The fourth-order valence-electron chi connectivity index (χ4n) is 2.37. The number of amides is 2. The van der Waals surface area contributed by atoms with Gasteiger partial charge in [0.05, 0.1) is 29.5 Å². The first-order valence-corrected chi connectivity index (χ1v) is 8.10. The van der Waals surface area contributed by atoms with Crippen LogP contribution in [0.1, 0.15) is 26.7 Å². The van der Waals surface area contributed by atoms with Crippen molar-refractivity contribution in [2.75, 3.05) is 10.6 Å². The van der Waals surface area contributed by atoms with Gasteiger partial charge < -0.3 is 20.7 Å². The number of nitro groups is 1. The SMILES string of the molecule is Cc1c(NC(=O)c2c(NC(=O)c3n[nH]c([N+](=O)[O-])c3Cl)cnn2C)cnn1C. The zero-order chi connectivity index (χ0) is 20.6. The molecule has 13 nitrogen and oxygen atoms in total. The number of H-pyrrole nitrogens is 1. The van der Waals surface area contributed by atoms with E-state index in [1.165, 1.54) is 24.1 Å². The molecule has 3 aromatic rings. The maximum atomic E-state index is 12.7. The standard InChI is InChI=1S/C14H14ClN9O4/c1-6-7(4-16-22(6)2)18-14(26)11-8(5-17-23(11)3)19-13(25)10-9(15)12(21-20-10)24(27)28/h4-5H,1-3H3,(H,18,26)(H,19,25)(H,20,21). The molecule has 0 bridgehead atoms. The Bertz CT molecular complexity index is 1100. The number of carbonyl (C=O) groups excluding carboxylic acids is 2. The lowest BCUT2D eigenvalue weighted by atomic mass is 10.3. The van der Waals surface area contributed by atoms with Gasteiger partial charge in [0, 0.05) is 14.1 Å². The van der Waals surface area contributed by atoms with Crippen LogP contribution in [0, 0.1) is 17.0 Å². The molecule has 28 heavy (non-hydrogen) atoms. The van der Waals surface area contributed by atoms with Gasteiger partial charge in [-0.15, -0.1) is 5.10 Å². The molecule has 3 N–H and O–H groups in total. The number of aryl methyl sites for hydroxylation is 2. The minimum Gasteiger partial charge on any atom is -0.358 e. The van der Waals surface area contributed by atoms with Crippen LogP contribution in [-0.4, -0.2) is 46.5 Å². The van der Waals surface area contributed by atoms with Crippen molar-refractivity contribution in [1.82, 2.24) is 29.8 Å². The van der Waals surface area contributed by atoms with E-state index in [9.17, 15) is 19.7 Å². The molecule has 0 aliphatic heterocycles. The molecule has 14 heteroatoms. The van der Waals surface area contributed by atoms with E-state index < -0.39 is 27.6 Å². The number of nitrogens with zero attached hydrogens (tertiary/aromatic N) is 6. The van der Waals surface area contributed by atoms with E-state index in [0.717, 1.165) is 5.69 Å². The Balaban J connectivity index is 1.85. The Morgan fingerprint density at radius 2 is 1.75 bits per heavy atom. The topological polar surface area (TPSA) is 166 Å². The van der Waals surface area contributed by atoms with Crippen molar-refractivity contribution in [2.45, 2.75) is 6.92 Å². The van der Waals surface area contributed by atoms with Crippen molar-refractivity contribution < 1.29 is 14.5 Å². The van der Waals surface area contributed by atoms with Crippen molar-refractivity contribution in [2.24, 2.45) is 14.1 Å². The molecule has 0 spiro atoms. The second-order valence-corrected chi connectivity index (χ2v) is 6.08. The lowest BCUT2D eigenvalue weighted by Crippen LogP contribution is -2.20. The van der Waals surface area contributed by atoms with Crippen LogP contribution < -0.4 is 10.6 Å². The highest BCUT2D eigenvalue weighted by atomic mass is 35.5. The highest BCUT2D eigenvalue weighted by Crippen LogP contribution is 2.26. The average molecular weight is 408 g/mol. The first kappa shape index (κ1) is 19.0. The fraction of sp³-hybridized carbons (Fsp3) is 0.214. The Hall–Kier alpha value is -3.74. The Labute approximate surface area is 161 Å². The fourth-order valence-corrected chi connectivity index (χ4v) is 2.61. The van der Waals surface area contributed by atoms with Gasteiger partial charge in [-0.2, -0.15) is 10.2 Å². The molecular weight excluding hydrogens is 394 g/mol. The summed E-state index contributed by atoms with van der Waals surface area (Å²) in [5, 5.41) is 29.1. The monoisotopic (exact) mass is 407 g/mol. The van der Waals surface area contributed by atoms with Gasteiger partial charge in [-0.05, 0) is 11.8 Å². The van der Waals surface area contributed by atoms with Gasteiger partial charge in [-0.3, -0.25) is 19.0 Å². The molecule has 0 atom stereocenters. The van der Waals surface area contributed by atoms with Crippen molar-refractivity contribution in [3.8, 4) is 0 Å². The number of hydrogen-bond donors (Lipinski definition) is 3. The van der Waals surface area contributed by atoms with Crippen LogP contribution in [-0.2, 0) is 14.1 Å². The third-order valence-electron chi connectivity index (χ3n) is 3.97. The molecule has 3 aromatic heterocycles. The highest BCUT2D eigenvalue weighted by Gasteiger charge is 2.27. The van der Waals surface area contributed by atoms with Crippen LogP contribution in [0.25, 0.3) is 0 Å². The number of aromatic amines is 1. The van der Waals surface area contributed by atoms with Crippen LogP contribution in [0.5, 0.6) is 0 Å². The number of aromatic nitrogens is 6. The number of halogens is 1. The predicted molar refractivity (Wildman–Crippen MR) is 97.3 cm³/mol. The normalized spacial score (nSPS) is 10.7. The number of rotatable bonds is 5. The maximum absolute atomic E-state index is 12.7. The highest BCUT2D eigenvalue weighted by molar-refractivity contribution is 6.36. The molecule has 2 amide bonds. The van der Waals surface area contributed by atoms with Gasteiger partial charge in [0.25, 0.3) is 11.8 Å². The Kier molecular flexibility index (Phi) is 4.83. The lowest BCUT2D eigenvalue weighted by molar-refractivity contribution is -0.389. The van der Waals surface area contributed by atoms with Gasteiger partial charge in [0.1, 0.15) is 5.69 Å². The molecular formula is C14H14ClN9O4. The minimum atomic E-state index is -0.839. The first-order chi connectivity index (χ1) is 13.2. The molecule has 0 aromatic carbocycles. The van der Waals surface area contributed by atoms with Gasteiger partial charge in [0.2, 0.25) is 0 Å².